The van der Waals surface area contributed by atoms with Gasteiger partial charge in [-0.05, 0) is 53.9 Å². The number of aromatic nitrogens is 2. The fourth-order valence-electron chi connectivity index (χ4n) is 2.73. The minimum absolute atomic E-state index is 0.418. The molecule has 0 aliphatic heterocycles. The molecular formula is C15H18BrN3S. The van der Waals surface area contributed by atoms with Gasteiger partial charge in [-0.15, -0.1) is 11.3 Å². The molecular weight excluding hydrogens is 334 g/mol. The number of hydrogen-bond donors (Lipinski definition) is 1. The first-order chi connectivity index (χ1) is 9.78. The van der Waals surface area contributed by atoms with Crippen LogP contribution in [0.3, 0.4) is 0 Å². The molecule has 1 aliphatic rings. The molecule has 3 rings (SSSR count). The number of thiophene rings is 1. The molecule has 5 heteroatoms. The summed E-state index contributed by atoms with van der Waals surface area (Å²) >= 11 is 5.18. The summed E-state index contributed by atoms with van der Waals surface area (Å²) in [5, 5.41) is 3.56. The monoisotopic (exact) mass is 351 g/mol. The molecule has 0 amide bonds. The van der Waals surface area contributed by atoms with E-state index in [1.165, 1.54) is 30.5 Å². The third kappa shape index (κ3) is 2.95. The van der Waals surface area contributed by atoms with Crippen molar-refractivity contribution in [2.75, 3.05) is 6.54 Å². The predicted molar refractivity (Wildman–Crippen MR) is 87.0 cm³/mol. The van der Waals surface area contributed by atoms with Gasteiger partial charge >= 0.3 is 0 Å². The van der Waals surface area contributed by atoms with Crippen molar-refractivity contribution in [3.05, 3.63) is 33.4 Å². The fraction of sp³-hybridized carbons (Fsp3) is 0.467. The van der Waals surface area contributed by atoms with Gasteiger partial charge in [-0.3, -0.25) is 0 Å². The van der Waals surface area contributed by atoms with Crippen LogP contribution in [0.15, 0.2) is 22.1 Å². The lowest BCUT2D eigenvalue weighted by atomic mass is 10.1. The van der Waals surface area contributed by atoms with E-state index in [2.05, 4.69) is 45.3 Å². The first-order valence-corrected chi connectivity index (χ1v) is 8.73. The van der Waals surface area contributed by atoms with Gasteiger partial charge < -0.3 is 5.32 Å². The summed E-state index contributed by atoms with van der Waals surface area (Å²) in [6.45, 7) is 3.15. The molecule has 0 aromatic carbocycles. The van der Waals surface area contributed by atoms with Crippen LogP contribution in [0, 0.1) is 0 Å². The molecule has 106 valence electrons. The Labute approximate surface area is 132 Å². The molecule has 0 fully saturated rings. The lowest BCUT2D eigenvalue weighted by molar-refractivity contribution is 0.502. The average Bonchev–Trinajstić information content (AvgIpc) is 2.79. The average molecular weight is 352 g/mol. The summed E-state index contributed by atoms with van der Waals surface area (Å²) in [7, 11) is 0. The van der Waals surface area contributed by atoms with Crippen LogP contribution in [0.5, 0.6) is 0 Å². The third-order valence-electron chi connectivity index (χ3n) is 3.68. The van der Waals surface area contributed by atoms with E-state index in [4.69, 9.17) is 4.98 Å². The SMILES string of the molecule is CCNC1CCCCc2nc(-c3ccc(Br)s3)ncc21. The number of rotatable bonds is 3. The van der Waals surface area contributed by atoms with Crippen molar-refractivity contribution in [1.82, 2.24) is 15.3 Å². The molecule has 20 heavy (non-hydrogen) atoms. The second kappa shape index (κ2) is 6.33. The van der Waals surface area contributed by atoms with E-state index >= 15 is 0 Å². The van der Waals surface area contributed by atoms with E-state index in [0.29, 0.717) is 6.04 Å². The molecule has 3 nitrogen and oxygen atoms in total. The zero-order valence-corrected chi connectivity index (χ0v) is 13.9. The highest BCUT2D eigenvalue weighted by atomic mass is 79.9. The van der Waals surface area contributed by atoms with Crippen LogP contribution in [0.2, 0.25) is 0 Å². The topological polar surface area (TPSA) is 37.8 Å². The maximum atomic E-state index is 4.83. The van der Waals surface area contributed by atoms with Gasteiger partial charge in [0.25, 0.3) is 0 Å². The van der Waals surface area contributed by atoms with Crippen LogP contribution in [0.1, 0.15) is 43.5 Å². The molecule has 2 aromatic heterocycles. The van der Waals surface area contributed by atoms with Crippen molar-refractivity contribution in [3.63, 3.8) is 0 Å². The molecule has 2 aromatic rings. The van der Waals surface area contributed by atoms with Crippen molar-refractivity contribution in [2.24, 2.45) is 0 Å². The standard InChI is InChI=1S/C15H18BrN3S/c1-2-17-11-5-3-4-6-12-10(11)9-18-15(19-12)13-7-8-14(16)20-13/h7-9,11,17H,2-6H2,1H3. The Morgan fingerprint density at radius 2 is 2.30 bits per heavy atom. The summed E-state index contributed by atoms with van der Waals surface area (Å²) in [5.74, 6) is 0.858. The van der Waals surface area contributed by atoms with Crippen molar-refractivity contribution in [1.29, 1.82) is 0 Å². The summed E-state index contributed by atoms with van der Waals surface area (Å²) < 4.78 is 1.12. The second-order valence-corrected chi connectivity index (χ2v) is 7.52. The van der Waals surface area contributed by atoms with Gasteiger partial charge in [0, 0.05) is 23.5 Å². The summed E-state index contributed by atoms with van der Waals surface area (Å²) in [4.78, 5) is 10.5. The molecule has 0 saturated heterocycles. The van der Waals surface area contributed by atoms with E-state index < -0.39 is 0 Å². The van der Waals surface area contributed by atoms with Crippen LogP contribution in [0.25, 0.3) is 10.7 Å². The molecule has 1 N–H and O–H groups in total. The van der Waals surface area contributed by atoms with Crippen LogP contribution in [-0.4, -0.2) is 16.5 Å². The van der Waals surface area contributed by atoms with Gasteiger partial charge in [0.15, 0.2) is 5.82 Å². The zero-order chi connectivity index (χ0) is 13.9. The largest absolute Gasteiger partial charge is 0.310 e. The Morgan fingerprint density at radius 1 is 1.40 bits per heavy atom. The smallest absolute Gasteiger partial charge is 0.169 e. The number of nitrogens with one attached hydrogen (secondary N) is 1. The summed E-state index contributed by atoms with van der Waals surface area (Å²) in [6, 6.07) is 4.55. The Morgan fingerprint density at radius 3 is 3.05 bits per heavy atom. The zero-order valence-electron chi connectivity index (χ0n) is 11.5. The number of halogens is 1. The van der Waals surface area contributed by atoms with Gasteiger partial charge in [-0.25, -0.2) is 9.97 Å². The maximum Gasteiger partial charge on any atom is 0.169 e. The lowest BCUT2D eigenvalue weighted by Gasteiger charge is -2.17. The molecule has 2 heterocycles. The number of hydrogen-bond acceptors (Lipinski definition) is 4. The van der Waals surface area contributed by atoms with Gasteiger partial charge in [0.1, 0.15) is 0 Å². The van der Waals surface area contributed by atoms with E-state index in [-0.39, 0.29) is 0 Å². The Bertz CT molecular complexity index is 597. The Hall–Kier alpha value is -0.780. The normalized spacial score (nSPS) is 18.6. The highest BCUT2D eigenvalue weighted by Gasteiger charge is 2.20. The van der Waals surface area contributed by atoms with Gasteiger partial charge in [0.05, 0.1) is 8.66 Å². The minimum Gasteiger partial charge on any atom is -0.310 e. The maximum absolute atomic E-state index is 4.83. The predicted octanol–water partition coefficient (Wildman–Crippen LogP) is 4.34. The highest BCUT2D eigenvalue weighted by Crippen LogP contribution is 2.32. The first-order valence-electron chi connectivity index (χ1n) is 7.13. The van der Waals surface area contributed by atoms with E-state index in [1.807, 2.05) is 6.20 Å². The first kappa shape index (κ1) is 14.2. The molecule has 1 atom stereocenters. The van der Waals surface area contributed by atoms with Crippen LogP contribution in [0.4, 0.5) is 0 Å². The molecule has 1 unspecified atom stereocenters. The molecule has 0 radical (unpaired) electrons. The van der Waals surface area contributed by atoms with E-state index in [0.717, 1.165) is 27.5 Å². The highest BCUT2D eigenvalue weighted by molar-refractivity contribution is 9.11. The molecule has 1 aliphatic carbocycles. The van der Waals surface area contributed by atoms with Crippen LogP contribution >= 0.6 is 27.3 Å². The number of nitrogens with zero attached hydrogens (tertiary/aromatic N) is 2. The lowest BCUT2D eigenvalue weighted by Crippen LogP contribution is -2.21. The minimum atomic E-state index is 0.418. The molecule has 0 spiro atoms. The van der Waals surface area contributed by atoms with Gasteiger partial charge in [0.2, 0.25) is 0 Å². The Balaban J connectivity index is 1.97. The van der Waals surface area contributed by atoms with Gasteiger partial charge in [-0.2, -0.15) is 0 Å². The quantitative estimate of drug-likeness (QED) is 0.835. The number of aryl methyl sites for hydroxylation is 1. The summed E-state index contributed by atoms with van der Waals surface area (Å²) in [5.41, 5.74) is 2.52. The van der Waals surface area contributed by atoms with Crippen molar-refractivity contribution < 1.29 is 0 Å². The third-order valence-corrected chi connectivity index (χ3v) is 5.30. The van der Waals surface area contributed by atoms with Crippen molar-refractivity contribution in [2.45, 2.75) is 38.6 Å². The van der Waals surface area contributed by atoms with Crippen molar-refractivity contribution in [3.8, 4) is 10.7 Å². The van der Waals surface area contributed by atoms with Crippen LogP contribution in [-0.2, 0) is 6.42 Å². The van der Waals surface area contributed by atoms with Crippen molar-refractivity contribution >= 4 is 27.3 Å². The van der Waals surface area contributed by atoms with Gasteiger partial charge in [-0.1, -0.05) is 13.3 Å². The fourth-order valence-corrected chi connectivity index (χ4v) is 4.05. The van der Waals surface area contributed by atoms with Crippen LogP contribution < -0.4 is 5.32 Å². The number of fused-ring (bicyclic) bond motifs is 1. The summed E-state index contributed by atoms with van der Waals surface area (Å²) in [6.07, 6.45) is 6.77. The van der Waals surface area contributed by atoms with E-state index in [9.17, 15) is 0 Å². The molecule has 0 bridgehead atoms. The Kier molecular flexibility index (Phi) is 4.48. The second-order valence-electron chi connectivity index (χ2n) is 5.06. The van der Waals surface area contributed by atoms with E-state index in [1.54, 1.807) is 11.3 Å². The molecule has 0 saturated carbocycles.